The zero-order valence-corrected chi connectivity index (χ0v) is 13.9. The molecule has 1 spiro atoms. The van der Waals surface area contributed by atoms with Crippen LogP contribution < -0.4 is 0 Å². The Balaban J connectivity index is 2.09. The molecular weight excluding hydrogens is 330 g/mol. The summed E-state index contributed by atoms with van der Waals surface area (Å²) in [6.45, 7) is 6.07. The number of hydrogen-bond acceptors (Lipinski definition) is 3. The van der Waals surface area contributed by atoms with E-state index >= 15 is 0 Å². The Kier molecular flexibility index (Phi) is 2.74. The third kappa shape index (κ3) is 1.50. The van der Waals surface area contributed by atoms with Crippen LogP contribution in [0.25, 0.3) is 0 Å². The smallest absolute Gasteiger partial charge is 0.249 e. The summed E-state index contributed by atoms with van der Waals surface area (Å²) in [5, 5.41) is 0. The van der Waals surface area contributed by atoms with E-state index in [1.807, 2.05) is 0 Å². The van der Waals surface area contributed by atoms with Crippen LogP contribution in [0.3, 0.4) is 0 Å². The van der Waals surface area contributed by atoms with Crippen LogP contribution >= 0.6 is 15.9 Å². The first-order valence-corrected chi connectivity index (χ1v) is 9.36. The quantitative estimate of drug-likeness (QED) is 0.681. The van der Waals surface area contributed by atoms with Crippen molar-refractivity contribution in [1.82, 2.24) is 4.31 Å². The van der Waals surface area contributed by atoms with Crippen LogP contribution in [0.15, 0.2) is 0 Å². The molecule has 108 valence electrons. The van der Waals surface area contributed by atoms with E-state index in [1.165, 1.54) is 4.31 Å². The first-order chi connectivity index (χ1) is 8.63. The van der Waals surface area contributed by atoms with Crippen molar-refractivity contribution in [3.63, 3.8) is 0 Å². The van der Waals surface area contributed by atoms with Gasteiger partial charge in [-0.15, -0.1) is 0 Å². The van der Waals surface area contributed by atoms with E-state index in [0.29, 0.717) is 5.92 Å². The molecule has 2 saturated carbocycles. The number of carbonyl (C=O) groups excluding carboxylic acids is 1. The normalized spacial score (nSPS) is 43.3. The lowest BCUT2D eigenvalue weighted by Gasteiger charge is -2.37. The van der Waals surface area contributed by atoms with E-state index in [-0.39, 0.29) is 28.5 Å². The summed E-state index contributed by atoms with van der Waals surface area (Å²) in [4.78, 5) is 11.8. The van der Waals surface area contributed by atoms with Gasteiger partial charge in [-0.3, -0.25) is 4.79 Å². The van der Waals surface area contributed by atoms with Gasteiger partial charge in [0, 0.05) is 5.41 Å². The highest BCUT2D eigenvalue weighted by molar-refractivity contribution is 9.10. The van der Waals surface area contributed by atoms with Crippen LogP contribution in [0.2, 0.25) is 0 Å². The molecule has 6 heteroatoms. The predicted octanol–water partition coefficient (Wildman–Crippen LogP) is 2.14. The lowest BCUT2D eigenvalue weighted by Crippen LogP contribution is -2.46. The fourth-order valence-corrected chi connectivity index (χ4v) is 7.72. The molecule has 2 aliphatic carbocycles. The lowest BCUT2D eigenvalue weighted by atomic mass is 9.69. The molecule has 0 aromatic heterocycles. The van der Waals surface area contributed by atoms with Gasteiger partial charge in [0.15, 0.2) is 0 Å². The molecule has 0 radical (unpaired) electrons. The molecule has 4 atom stereocenters. The van der Waals surface area contributed by atoms with Crippen molar-refractivity contribution in [3.8, 4) is 0 Å². The molecule has 1 heterocycles. The lowest BCUT2D eigenvalue weighted by molar-refractivity contribution is -0.128. The highest BCUT2D eigenvalue weighted by Crippen LogP contribution is 2.70. The van der Waals surface area contributed by atoms with Gasteiger partial charge < -0.3 is 0 Å². The van der Waals surface area contributed by atoms with Crippen LogP contribution in [-0.4, -0.2) is 35.3 Å². The van der Waals surface area contributed by atoms with Crippen molar-refractivity contribution in [3.05, 3.63) is 0 Å². The summed E-state index contributed by atoms with van der Waals surface area (Å²) >= 11 is 3.22. The first kappa shape index (κ1) is 13.9. The van der Waals surface area contributed by atoms with Crippen molar-refractivity contribution in [2.75, 3.05) is 5.75 Å². The van der Waals surface area contributed by atoms with Gasteiger partial charge in [0.05, 0.1) is 16.6 Å². The summed E-state index contributed by atoms with van der Waals surface area (Å²) < 4.78 is 26.2. The van der Waals surface area contributed by atoms with E-state index in [4.69, 9.17) is 0 Å². The SMILES string of the molecule is C[C@H](Br)C(=O)N1[C@@H]2C[C@H]3CC[C@@]2(CS1(=O)=O)C3(C)C. The van der Waals surface area contributed by atoms with Crippen molar-refractivity contribution in [2.45, 2.75) is 50.9 Å². The molecule has 1 saturated heterocycles. The van der Waals surface area contributed by atoms with Crippen molar-refractivity contribution in [1.29, 1.82) is 0 Å². The number of alkyl halides is 1. The summed E-state index contributed by atoms with van der Waals surface area (Å²) in [7, 11) is -3.45. The third-order valence-corrected chi connectivity index (χ3v) is 8.27. The molecule has 0 unspecified atom stereocenters. The average molecular weight is 350 g/mol. The second-order valence-electron chi connectivity index (χ2n) is 6.87. The summed E-state index contributed by atoms with van der Waals surface area (Å²) in [6.07, 6.45) is 2.89. The minimum Gasteiger partial charge on any atom is -0.273 e. The number of nitrogens with zero attached hydrogens (tertiary/aromatic N) is 1. The maximum atomic E-state index is 12.5. The number of amides is 1. The van der Waals surface area contributed by atoms with Crippen LogP contribution in [0.5, 0.6) is 0 Å². The number of rotatable bonds is 1. The standard InChI is InChI=1S/C13H20BrNO3S/c1-8(14)11(16)15-10-6-9-4-5-13(10,12(9,2)3)7-19(15,17)18/h8-10H,4-7H2,1-3H3/t8-,9+,10+,13-/m0/s1. The maximum Gasteiger partial charge on any atom is 0.249 e. The minimum atomic E-state index is -3.45. The highest BCUT2D eigenvalue weighted by atomic mass is 79.9. The molecule has 0 aromatic rings. The van der Waals surface area contributed by atoms with E-state index in [9.17, 15) is 13.2 Å². The van der Waals surface area contributed by atoms with Gasteiger partial charge in [0.25, 0.3) is 0 Å². The topological polar surface area (TPSA) is 54.5 Å². The van der Waals surface area contributed by atoms with Crippen molar-refractivity contribution < 1.29 is 13.2 Å². The Labute approximate surface area is 123 Å². The van der Waals surface area contributed by atoms with Gasteiger partial charge in [0.1, 0.15) is 0 Å². The zero-order chi connectivity index (χ0) is 14.2. The van der Waals surface area contributed by atoms with Crippen LogP contribution in [0.1, 0.15) is 40.0 Å². The molecule has 1 aliphatic heterocycles. The molecule has 2 bridgehead atoms. The Morgan fingerprint density at radius 2 is 2.05 bits per heavy atom. The van der Waals surface area contributed by atoms with Gasteiger partial charge in [-0.1, -0.05) is 29.8 Å². The van der Waals surface area contributed by atoms with Gasteiger partial charge in [0.2, 0.25) is 15.9 Å². The fourth-order valence-electron chi connectivity index (χ4n) is 4.75. The van der Waals surface area contributed by atoms with E-state index in [2.05, 4.69) is 29.8 Å². The van der Waals surface area contributed by atoms with E-state index < -0.39 is 14.9 Å². The summed E-state index contributed by atoms with van der Waals surface area (Å²) in [5.74, 6) is 0.402. The number of carbonyl (C=O) groups is 1. The second kappa shape index (κ2) is 3.75. The van der Waals surface area contributed by atoms with Crippen LogP contribution in [0.4, 0.5) is 0 Å². The summed E-state index contributed by atoms with van der Waals surface area (Å²) in [6, 6.07) is -0.112. The van der Waals surface area contributed by atoms with Crippen LogP contribution in [0, 0.1) is 16.7 Å². The Morgan fingerprint density at radius 1 is 1.42 bits per heavy atom. The van der Waals surface area contributed by atoms with Gasteiger partial charge in [-0.05, 0) is 37.5 Å². The van der Waals surface area contributed by atoms with Crippen LogP contribution in [-0.2, 0) is 14.8 Å². The molecule has 3 fully saturated rings. The summed E-state index contributed by atoms with van der Waals surface area (Å²) in [5.41, 5.74) is -0.191. The molecular formula is C13H20BrNO3S. The number of halogens is 1. The molecule has 3 aliphatic rings. The molecule has 0 aromatic carbocycles. The Hall–Kier alpha value is -0.100. The Bertz CT molecular complexity index is 542. The molecule has 4 nitrogen and oxygen atoms in total. The number of sulfonamides is 1. The largest absolute Gasteiger partial charge is 0.273 e. The number of hydrogen-bond donors (Lipinski definition) is 0. The van der Waals surface area contributed by atoms with Gasteiger partial charge in [-0.25, -0.2) is 12.7 Å². The minimum absolute atomic E-state index is 0.0231. The third-order valence-electron chi connectivity index (χ3n) is 5.97. The van der Waals surface area contributed by atoms with Crippen molar-refractivity contribution >= 4 is 31.9 Å². The fraction of sp³-hybridized carbons (Fsp3) is 0.923. The van der Waals surface area contributed by atoms with E-state index in [1.54, 1.807) is 6.92 Å². The number of fused-ring (bicyclic) bond motifs is 1. The first-order valence-electron chi connectivity index (χ1n) is 6.83. The molecule has 3 rings (SSSR count). The van der Waals surface area contributed by atoms with Gasteiger partial charge >= 0.3 is 0 Å². The average Bonchev–Trinajstić information content (AvgIpc) is 2.74. The van der Waals surface area contributed by atoms with E-state index in [0.717, 1.165) is 19.3 Å². The predicted molar refractivity (Wildman–Crippen MR) is 76.4 cm³/mol. The molecule has 0 N–H and O–H groups in total. The second-order valence-corrected chi connectivity index (χ2v) is 10.1. The maximum absolute atomic E-state index is 12.5. The highest BCUT2D eigenvalue weighted by Gasteiger charge is 2.72. The molecule has 1 amide bonds. The van der Waals surface area contributed by atoms with Crippen molar-refractivity contribution in [2.24, 2.45) is 16.7 Å². The van der Waals surface area contributed by atoms with Gasteiger partial charge in [-0.2, -0.15) is 0 Å². The molecule has 19 heavy (non-hydrogen) atoms. The monoisotopic (exact) mass is 349 g/mol. The Morgan fingerprint density at radius 3 is 2.58 bits per heavy atom. The zero-order valence-electron chi connectivity index (χ0n) is 11.5.